The zero-order valence-electron chi connectivity index (χ0n) is 8.04. The van der Waals surface area contributed by atoms with E-state index in [4.69, 9.17) is 0 Å². The number of quaternary nitrogens is 1. The first-order valence-corrected chi connectivity index (χ1v) is 4.47. The Morgan fingerprint density at radius 2 is 1.73 bits per heavy atom. The Labute approximate surface area is 69.5 Å². The average molecular weight is 155 g/mol. The third kappa shape index (κ3) is 1.32. The zero-order chi connectivity index (χ0) is 8.48. The lowest BCUT2D eigenvalue weighted by Gasteiger charge is -2.38. The summed E-state index contributed by atoms with van der Waals surface area (Å²) in [5.74, 6) is 0. The Hall–Kier alpha value is -0.370. The molecule has 0 saturated heterocycles. The highest BCUT2D eigenvalue weighted by Crippen LogP contribution is 2.19. The second kappa shape index (κ2) is 2.94. The van der Waals surface area contributed by atoms with Gasteiger partial charge >= 0.3 is 0 Å². The number of hydrogen-bond donors (Lipinski definition) is 0. The van der Waals surface area contributed by atoms with Gasteiger partial charge in [-0.3, -0.25) is 4.48 Å². The van der Waals surface area contributed by atoms with E-state index < -0.39 is 0 Å². The molecule has 0 amide bonds. The second-order valence-corrected chi connectivity index (χ2v) is 3.93. The Morgan fingerprint density at radius 3 is 1.91 bits per heavy atom. The smallest absolute Gasteiger partial charge is 0.185 e. The SMILES string of the molecule is CC(C)[N+]1(C(C)C)C=NCC1. The Morgan fingerprint density at radius 1 is 1.18 bits per heavy atom. The zero-order valence-corrected chi connectivity index (χ0v) is 8.04. The van der Waals surface area contributed by atoms with Crippen molar-refractivity contribution in [3.05, 3.63) is 0 Å². The van der Waals surface area contributed by atoms with E-state index in [-0.39, 0.29) is 0 Å². The first kappa shape index (κ1) is 8.72. The van der Waals surface area contributed by atoms with Crippen molar-refractivity contribution in [3.8, 4) is 0 Å². The number of rotatable bonds is 2. The molecular weight excluding hydrogens is 136 g/mol. The van der Waals surface area contributed by atoms with Crippen molar-refractivity contribution in [1.82, 2.24) is 0 Å². The molecule has 0 unspecified atom stereocenters. The van der Waals surface area contributed by atoms with Crippen LogP contribution in [0.5, 0.6) is 0 Å². The van der Waals surface area contributed by atoms with Crippen LogP contribution in [0.3, 0.4) is 0 Å². The highest BCUT2D eigenvalue weighted by molar-refractivity contribution is 5.48. The van der Waals surface area contributed by atoms with E-state index in [1.807, 2.05) is 0 Å². The molecule has 0 saturated carbocycles. The summed E-state index contributed by atoms with van der Waals surface area (Å²) >= 11 is 0. The molecule has 2 heteroatoms. The summed E-state index contributed by atoms with van der Waals surface area (Å²) in [5, 5.41) is 0. The van der Waals surface area contributed by atoms with Gasteiger partial charge in [0.1, 0.15) is 6.54 Å². The van der Waals surface area contributed by atoms with E-state index in [1.165, 1.54) is 6.54 Å². The largest absolute Gasteiger partial charge is 0.276 e. The van der Waals surface area contributed by atoms with Crippen LogP contribution < -0.4 is 0 Å². The van der Waals surface area contributed by atoms with E-state index >= 15 is 0 Å². The summed E-state index contributed by atoms with van der Waals surface area (Å²) in [6.07, 6.45) is 2.13. The molecule has 1 aliphatic rings. The maximum absolute atomic E-state index is 4.33. The van der Waals surface area contributed by atoms with Crippen molar-refractivity contribution in [3.63, 3.8) is 0 Å². The van der Waals surface area contributed by atoms with Crippen molar-refractivity contribution >= 4 is 6.34 Å². The molecule has 0 radical (unpaired) electrons. The van der Waals surface area contributed by atoms with Gasteiger partial charge in [-0.1, -0.05) is 0 Å². The fourth-order valence-corrected chi connectivity index (χ4v) is 1.88. The highest BCUT2D eigenvalue weighted by atomic mass is 15.4. The monoisotopic (exact) mass is 155 g/mol. The molecule has 0 aromatic rings. The first-order chi connectivity index (χ1) is 5.09. The van der Waals surface area contributed by atoms with Gasteiger partial charge in [-0.2, -0.15) is 0 Å². The summed E-state index contributed by atoms with van der Waals surface area (Å²) < 4.78 is 1.07. The van der Waals surface area contributed by atoms with Gasteiger partial charge in [-0.05, 0) is 27.7 Å². The third-order valence-corrected chi connectivity index (χ3v) is 2.84. The van der Waals surface area contributed by atoms with Crippen LogP contribution in [0.4, 0.5) is 0 Å². The molecule has 0 spiro atoms. The van der Waals surface area contributed by atoms with E-state index in [2.05, 4.69) is 39.0 Å². The van der Waals surface area contributed by atoms with Gasteiger partial charge in [0.25, 0.3) is 0 Å². The fourth-order valence-electron chi connectivity index (χ4n) is 1.88. The Balaban J connectivity index is 2.80. The number of aliphatic imine (C=N–C) groups is 1. The van der Waals surface area contributed by atoms with Gasteiger partial charge < -0.3 is 0 Å². The van der Waals surface area contributed by atoms with Crippen LogP contribution in [0.15, 0.2) is 4.99 Å². The minimum atomic E-state index is 0.668. The summed E-state index contributed by atoms with van der Waals surface area (Å²) in [4.78, 5) is 4.33. The molecule has 11 heavy (non-hydrogen) atoms. The molecule has 1 rings (SSSR count). The molecule has 0 aromatic carbocycles. The Kier molecular flexibility index (Phi) is 2.33. The quantitative estimate of drug-likeness (QED) is 0.538. The third-order valence-electron chi connectivity index (χ3n) is 2.84. The normalized spacial score (nSPS) is 22.0. The first-order valence-electron chi connectivity index (χ1n) is 4.47. The molecule has 1 aliphatic heterocycles. The molecule has 2 nitrogen and oxygen atoms in total. The molecule has 64 valence electrons. The van der Waals surface area contributed by atoms with E-state index in [9.17, 15) is 0 Å². The lowest BCUT2D eigenvalue weighted by molar-refractivity contribution is -0.872. The van der Waals surface area contributed by atoms with Crippen LogP contribution in [0.1, 0.15) is 27.7 Å². The lowest BCUT2D eigenvalue weighted by Crippen LogP contribution is -2.55. The molecule has 0 bridgehead atoms. The maximum Gasteiger partial charge on any atom is 0.185 e. The van der Waals surface area contributed by atoms with E-state index in [1.54, 1.807) is 0 Å². The van der Waals surface area contributed by atoms with Crippen LogP contribution in [-0.2, 0) is 0 Å². The molecule has 1 heterocycles. The second-order valence-electron chi connectivity index (χ2n) is 3.93. The molecule has 0 N–H and O–H groups in total. The lowest BCUT2D eigenvalue weighted by atomic mass is 10.2. The van der Waals surface area contributed by atoms with Gasteiger partial charge in [0.15, 0.2) is 6.34 Å². The van der Waals surface area contributed by atoms with Crippen molar-refractivity contribution in [1.29, 1.82) is 0 Å². The van der Waals surface area contributed by atoms with Gasteiger partial charge in [-0.15, -0.1) is 0 Å². The molecular formula is C9H19N2+. The average Bonchev–Trinajstić information content (AvgIpc) is 2.34. The van der Waals surface area contributed by atoms with Crippen LogP contribution in [0.2, 0.25) is 0 Å². The Bertz CT molecular complexity index is 151. The summed E-state index contributed by atoms with van der Waals surface area (Å²) in [5.41, 5.74) is 0. The standard InChI is InChI=1S/C9H19N2/c1-8(2)11(9(3)4)6-5-10-7-11/h7-9H,5-6H2,1-4H3/q+1. The van der Waals surface area contributed by atoms with Crippen molar-refractivity contribution in [2.24, 2.45) is 4.99 Å². The van der Waals surface area contributed by atoms with Crippen molar-refractivity contribution in [2.45, 2.75) is 39.8 Å². The van der Waals surface area contributed by atoms with Gasteiger partial charge in [0.05, 0.1) is 18.6 Å². The minimum Gasteiger partial charge on any atom is -0.276 e. The topological polar surface area (TPSA) is 12.4 Å². The molecule has 0 aromatic heterocycles. The predicted octanol–water partition coefficient (Wildman–Crippen LogP) is 1.66. The van der Waals surface area contributed by atoms with Crippen LogP contribution >= 0.6 is 0 Å². The van der Waals surface area contributed by atoms with Crippen LogP contribution in [0, 0.1) is 0 Å². The minimum absolute atomic E-state index is 0.668. The van der Waals surface area contributed by atoms with Crippen molar-refractivity contribution < 1.29 is 4.48 Å². The van der Waals surface area contributed by atoms with E-state index in [0.717, 1.165) is 11.0 Å². The summed E-state index contributed by atoms with van der Waals surface area (Å²) in [6.45, 7) is 11.3. The van der Waals surface area contributed by atoms with Crippen LogP contribution in [0.25, 0.3) is 0 Å². The van der Waals surface area contributed by atoms with Gasteiger partial charge in [0.2, 0.25) is 0 Å². The van der Waals surface area contributed by atoms with Crippen LogP contribution in [-0.4, -0.2) is 36.0 Å². The van der Waals surface area contributed by atoms with E-state index in [0.29, 0.717) is 12.1 Å². The molecule has 0 atom stereocenters. The number of hydrogen-bond acceptors (Lipinski definition) is 1. The maximum atomic E-state index is 4.33. The summed E-state index contributed by atoms with van der Waals surface area (Å²) in [7, 11) is 0. The fraction of sp³-hybridized carbons (Fsp3) is 0.889. The predicted molar refractivity (Wildman–Crippen MR) is 48.8 cm³/mol. The van der Waals surface area contributed by atoms with Crippen molar-refractivity contribution in [2.75, 3.05) is 13.1 Å². The summed E-state index contributed by atoms with van der Waals surface area (Å²) in [6, 6.07) is 1.34. The number of nitrogens with zero attached hydrogens (tertiary/aromatic N) is 2. The van der Waals surface area contributed by atoms with Gasteiger partial charge in [0, 0.05) is 0 Å². The highest BCUT2D eigenvalue weighted by Gasteiger charge is 2.35. The van der Waals surface area contributed by atoms with Gasteiger partial charge in [-0.25, -0.2) is 4.99 Å². The molecule has 0 fully saturated rings. The molecule has 0 aliphatic carbocycles.